The summed E-state index contributed by atoms with van der Waals surface area (Å²) in [6.45, 7) is 4.46. The quantitative estimate of drug-likeness (QED) is 0.423. The molecule has 0 aliphatic rings. The molecule has 0 aromatic carbocycles. The third kappa shape index (κ3) is 6.64. The molecule has 1 rings (SSSR count). The normalized spacial score (nSPS) is 11.5. The van der Waals surface area contributed by atoms with Crippen molar-refractivity contribution in [2.24, 2.45) is 10.7 Å². The summed E-state index contributed by atoms with van der Waals surface area (Å²) in [7, 11) is 0. The van der Waals surface area contributed by atoms with E-state index in [1.807, 2.05) is 12.3 Å². The Bertz CT molecular complexity index is 439. The zero-order valence-electron chi connectivity index (χ0n) is 11.6. The van der Waals surface area contributed by atoms with Crippen LogP contribution >= 0.6 is 0 Å². The molecule has 0 amide bonds. The topological polar surface area (TPSA) is 72.4 Å². The van der Waals surface area contributed by atoms with E-state index in [2.05, 4.69) is 17.2 Å². The second kappa shape index (κ2) is 9.19. The lowest BCUT2D eigenvalue weighted by atomic mass is 10.3. The molecule has 5 nitrogen and oxygen atoms in total. The highest BCUT2D eigenvalue weighted by Gasteiger charge is 1.94. The van der Waals surface area contributed by atoms with Gasteiger partial charge in [0.2, 0.25) is 5.56 Å². The molecule has 0 aliphatic heterocycles. The molecule has 19 heavy (non-hydrogen) atoms. The summed E-state index contributed by atoms with van der Waals surface area (Å²) in [6, 6.07) is 5.20. The van der Waals surface area contributed by atoms with Crippen molar-refractivity contribution >= 4 is 5.96 Å². The zero-order chi connectivity index (χ0) is 13.9. The van der Waals surface area contributed by atoms with Crippen molar-refractivity contribution in [1.82, 2.24) is 9.88 Å². The molecule has 3 N–H and O–H groups in total. The Labute approximate surface area is 114 Å². The van der Waals surface area contributed by atoms with E-state index in [1.165, 1.54) is 0 Å². The summed E-state index contributed by atoms with van der Waals surface area (Å²) in [5.74, 6) is 0.519. The number of aromatic nitrogens is 1. The number of pyridine rings is 1. The number of rotatable bonds is 8. The molecule has 1 aromatic rings. The predicted molar refractivity (Wildman–Crippen MR) is 79.3 cm³/mol. The molecule has 0 aliphatic carbocycles. The van der Waals surface area contributed by atoms with E-state index in [4.69, 9.17) is 5.73 Å². The molecular weight excluding hydrogens is 240 g/mol. The Morgan fingerprint density at radius 3 is 2.95 bits per heavy atom. The number of guanidine groups is 1. The lowest BCUT2D eigenvalue weighted by molar-refractivity contribution is 0.598. The van der Waals surface area contributed by atoms with E-state index in [-0.39, 0.29) is 5.56 Å². The van der Waals surface area contributed by atoms with Gasteiger partial charge in [0.15, 0.2) is 5.96 Å². The first-order valence-electron chi connectivity index (χ1n) is 6.93. The fraction of sp³-hybridized carbons (Fsp3) is 0.571. The van der Waals surface area contributed by atoms with Gasteiger partial charge in [-0.15, -0.1) is 0 Å². The number of hydrogen-bond donors (Lipinski definition) is 2. The van der Waals surface area contributed by atoms with Crippen LogP contribution in [0.5, 0.6) is 0 Å². The first-order valence-corrected chi connectivity index (χ1v) is 6.93. The van der Waals surface area contributed by atoms with E-state index in [1.54, 1.807) is 16.7 Å². The average molecular weight is 264 g/mol. The Morgan fingerprint density at radius 2 is 2.21 bits per heavy atom. The van der Waals surface area contributed by atoms with Crippen LogP contribution in [0, 0.1) is 0 Å². The number of aryl methyl sites for hydroxylation is 1. The van der Waals surface area contributed by atoms with Crippen LogP contribution in [0.15, 0.2) is 34.2 Å². The highest BCUT2D eigenvalue weighted by atomic mass is 16.1. The largest absolute Gasteiger partial charge is 0.370 e. The average Bonchev–Trinajstić information content (AvgIpc) is 2.41. The van der Waals surface area contributed by atoms with Gasteiger partial charge in [-0.2, -0.15) is 0 Å². The second-order valence-corrected chi connectivity index (χ2v) is 4.49. The monoisotopic (exact) mass is 264 g/mol. The summed E-state index contributed by atoms with van der Waals surface area (Å²) in [5.41, 5.74) is 5.76. The molecule has 0 unspecified atom stereocenters. The Morgan fingerprint density at radius 1 is 1.37 bits per heavy atom. The van der Waals surface area contributed by atoms with Gasteiger partial charge in [0, 0.05) is 31.9 Å². The summed E-state index contributed by atoms with van der Waals surface area (Å²) < 4.78 is 1.71. The van der Waals surface area contributed by atoms with Gasteiger partial charge >= 0.3 is 0 Å². The SMILES string of the molecule is CCCCNC(N)=NCCCCn1ccccc1=O. The second-order valence-electron chi connectivity index (χ2n) is 4.49. The third-order valence-electron chi connectivity index (χ3n) is 2.82. The van der Waals surface area contributed by atoms with Crippen molar-refractivity contribution in [3.8, 4) is 0 Å². The Hall–Kier alpha value is -1.78. The van der Waals surface area contributed by atoms with E-state index in [0.717, 1.165) is 38.8 Å². The van der Waals surface area contributed by atoms with Crippen LogP contribution in [0.1, 0.15) is 32.6 Å². The molecule has 0 atom stereocenters. The molecule has 0 fully saturated rings. The fourth-order valence-electron chi connectivity index (χ4n) is 1.69. The van der Waals surface area contributed by atoms with E-state index in [0.29, 0.717) is 12.5 Å². The Kier molecular flexibility index (Phi) is 7.39. The van der Waals surface area contributed by atoms with Crippen LogP contribution in [0.4, 0.5) is 0 Å². The van der Waals surface area contributed by atoms with E-state index >= 15 is 0 Å². The van der Waals surface area contributed by atoms with Crippen LogP contribution < -0.4 is 16.6 Å². The lowest BCUT2D eigenvalue weighted by Gasteiger charge is -2.05. The summed E-state index contributed by atoms with van der Waals surface area (Å²) in [4.78, 5) is 15.7. The van der Waals surface area contributed by atoms with Gasteiger partial charge in [-0.05, 0) is 25.3 Å². The van der Waals surface area contributed by atoms with Crippen molar-refractivity contribution in [2.45, 2.75) is 39.2 Å². The predicted octanol–water partition coefficient (Wildman–Crippen LogP) is 1.33. The highest BCUT2D eigenvalue weighted by Crippen LogP contribution is 1.93. The zero-order valence-corrected chi connectivity index (χ0v) is 11.6. The van der Waals surface area contributed by atoms with Gasteiger partial charge in [0.05, 0.1) is 0 Å². The number of aliphatic imine (C=N–C) groups is 1. The number of nitrogens with two attached hydrogens (primary N) is 1. The number of nitrogens with zero attached hydrogens (tertiary/aromatic N) is 2. The number of hydrogen-bond acceptors (Lipinski definition) is 2. The minimum atomic E-state index is 0.0479. The molecule has 1 aromatic heterocycles. The maximum atomic E-state index is 11.4. The van der Waals surface area contributed by atoms with Crippen molar-refractivity contribution in [1.29, 1.82) is 0 Å². The molecular formula is C14H24N4O. The molecule has 0 saturated heterocycles. The van der Waals surface area contributed by atoms with Gasteiger partial charge < -0.3 is 15.6 Å². The minimum absolute atomic E-state index is 0.0479. The molecule has 0 saturated carbocycles. The number of nitrogens with one attached hydrogen (secondary N) is 1. The van der Waals surface area contributed by atoms with Crippen molar-refractivity contribution in [2.75, 3.05) is 13.1 Å². The standard InChI is InChI=1S/C14H24N4O/c1-2-3-9-16-14(15)17-10-5-7-12-18-11-6-4-8-13(18)19/h4,6,8,11H,2-3,5,7,9-10,12H2,1H3,(H3,15,16,17). The highest BCUT2D eigenvalue weighted by molar-refractivity contribution is 5.77. The maximum Gasteiger partial charge on any atom is 0.250 e. The first kappa shape index (κ1) is 15.3. The molecule has 1 heterocycles. The maximum absolute atomic E-state index is 11.4. The molecule has 106 valence electrons. The van der Waals surface area contributed by atoms with E-state index in [9.17, 15) is 4.79 Å². The molecule has 0 spiro atoms. The Balaban J connectivity index is 2.16. The van der Waals surface area contributed by atoms with Crippen molar-refractivity contribution < 1.29 is 0 Å². The van der Waals surface area contributed by atoms with Crippen LogP contribution in [0.25, 0.3) is 0 Å². The van der Waals surface area contributed by atoms with Crippen molar-refractivity contribution in [3.63, 3.8) is 0 Å². The van der Waals surface area contributed by atoms with Gasteiger partial charge in [-0.3, -0.25) is 9.79 Å². The first-order chi connectivity index (χ1) is 9.24. The van der Waals surface area contributed by atoms with E-state index < -0.39 is 0 Å². The van der Waals surface area contributed by atoms with Gasteiger partial charge in [0.1, 0.15) is 0 Å². The van der Waals surface area contributed by atoms with Gasteiger partial charge in [-0.25, -0.2) is 0 Å². The molecule has 0 bridgehead atoms. The fourth-order valence-corrected chi connectivity index (χ4v) is 1.69. The number of unbranched alkanes of at least 4 members (excludes halogenated alkanes) is 2. The van der Waals surface area contributed by atoms with Crippen molar-refractivity contribution in [3.05, 3.63) is 34.7 Å². The van der Waals surface area contributed by atoms with Crippen LogP contribution in [0.3, 0.4) is 0 Å². The van der Waals surface area contributed by atoms with Gasteiger partial charge in [-0.1, -0.05) is 19.4 Å². The molecule has 0 radical (unpaired) electrons. The van der Waals surface area contributed by atoms with Gasteiger partial charge in [0.25, 0.3) is 0 Å². The minimum Gasteiger partial charge on any atom is -0.370 e. The van der Waals surface area contributed by atoms with Crippen LogP contribution in [0.2, 0.25) is 0 Å². The summed E-state index contributed by atoms with van der Waals surface area (Å²) >= 11 is 0. The smallest absolute Gasteiger partial charge is 0.250 e. The van der Waals surface area contributed by atoms with Crippen LogP contribution in [-0.2, 0) is 6.54 Å². The summed E-state index contributed by atoms with van der Waals surface area (Å²) in [5, 5.41) is 3.07. The molecule has 5 heteroatoms. The summed E-state index contributed by atoms with van der Waals surface area (Å²) in [6.07, 6.45) is 5.92. The van der Waals surface area contributed by atoms with Crippen LogP contribution in [-0.4, -0.2) is 23.6 Å². The lowest BCUT2D eigenvalue weighted by Crippen LogP contribution is -2.32. The third-order valence-corrected chi connectivity index (χ3v) is 2.82.